The number of nitrogens with zero attached hydrogens (tertiary/aromatic N) is 2. The summed E-state index contributed by atoms with van der Waals surface area (Å²) in [4.78, 5) is 0.156. The zero-order valence-electron chi connectivity index (χ0n) is 18.7. The van der Waals surface area contributed by atoms with Gasteiger partial charge in [-0.2, -0.15) is 8.61 Å². The van der Waals surface area contributed by atoms with E-state index < -0.39 is 20.0 Å². The molecule has 1 aliphatic rings. The lowest BCUT2D eigenvalue weighted by Gasteiger charge is -2.28. The van der Waals surface area contributed by atoms with Gasteiger partial charge in [-0.05, 0) is 54.8 Å². The van der Waals surface area contributed by atoms with E-state index in [0.29, 0.717) is 31.9 Å². The fourth-order valence-corrected chi connectivity index (χ4v) is 6.63. The molecule has 2 aromatic carbocycles. The second kappa shape index (κ2) is 10.3. The van der Waals surface area contributed by atoms with Crippen LogP contribution in [0.4, 0.5) is 0 Å². The topological polar surface area (TPSA) is 96.0 Å². The van der Waals surface area contributed by atoms with E-state index in [1.54, 1.807) is 49.6 Å². The molecule has 2 aromatic rings. The van der Waals surface area contributed by atoms with E-state index in [2.05, 4.69) is 5.32 Å². The molecule has 1 heterocycles. The predicted molar refractivity (Wildman–Crippen MR) is 125 cm³/mol. The molecule has 176 valence electrons. The van der Waals surface area contributed by atoms with Crippen LogP contribution in [0.25, 0.3) is 0 Å². The van der Waals surface area contributed by atoms with Crippen LogP contribution in [0.1, 0.15) is 16.7 Å². The van der Waals surface area contributed by atoms with E-state index in [1.165, 1.54) is 8.61 Å². The molecule has 1 fully saturated rings. The summed E-state index contributed by atoms with van der Waals surface area (Å²) >= 11 is 0. The number of hydrogen-bond donors (Lipinski definition) is 1. The van der Waals surface area contributed by atoms with E-state index in [1.807, 2.05) is 13.8 Å². The Morgan fingerprint density at radius 1 is 1.00 bits per heavy atom. The van der Waals surface area contributed by atoms with Crippen molar-refractivity contribution in [3.8, 4) is 5.75 Å². The Balaban J connectivity index is 1.90. The van der Waals surface area contributed by atoms with Crippen LogP contribution >= 0.6 is 0 Å². The van der Waals surface area contributed by atoms with Crippen LogP contribution < -0.4 is 10.1 Å². The molecule has 32 heavy (non-hydrogen) atoms. The third kappa shape index (κ3) is 5.87. The first kappa shape index (κ1) is 24.7. The molecular weight excluding hydrogens is 450 g/mol. The summed E-state index contributed by atoms with van der Waals surface area (Å²) in [5.74, 6) is 0.334. The van der Waals surface area contributed by atoms with Crippen molar-refractivity contribution in [1.29, 1.82) is 0 Å². The van der Waals surface area contributed by atoms with Gasteiger partial charge in [-0.25, -0.2) is 16.8 Å². The number of piperazine rings is 1. The molecule has 0 amide bonds. The number of aryl methyl sites for hydroxylation is 2. The van der Waals surface area contributed by atoms with Crippen LogP contribution in [-0.2, 0) is 26.6 Å². The van der Waals surface area contributed by atoms with E-state index in [0.717, 1.165) is 16.7 Å². The lowest BCUT2D eigenvalue weighted by molar-refractivity contribution is 0.355. The average Bonchev–Trinajstić information content (AvgIpc) is 2.79. The Bertz CT molecular complexity index is 1140. The first-order valence-electron chi connectivity index (χ1n) is 10.5. The van der Waals surface area contributed by atoms with E-state index in [-0.39, 0.29) is 23.7 Å². The van der Waals surface area contributed by atoms with Gasteiger partial charge in [-0.1, -0.05) is 18.2 Å². The molecular formula is C22H31N3O5S2. The number of ether oxygens (including phenoxy) is 1. The van der Waals surface area contributed by atoms with Crippen molar-refractivity contribution in [2.45, 2.75) is 25.3 Å². The second-order valence-corrected chi connectivity index (χ2v) is 11.9. The first-order valence-corrected chi connectivity index (χ1v) is 13.6. The maximum Gasteiger partial charge on any atom is 0.243 e. The molecule has 0 aromatic heterocycles. The van der Waals surface area contributed by atoms with Gasteiger partial charge < -0.3 is 10.1 Å². The quantitative estimate of drug-likeness (QED) is 0.586. The summed E-state index contributed by atoms with van der Waals surface area (Å²) in [5.41, 5.74) is 2.57. The van der Waals surface area contributed by atoms with Gasteiger partial charge in [0.25, 0.3) is 0 Å². The van der Waals surface area contributed by atoms with Crippen LogP contribution in [0.15, 0.2) is 47.4 Å². The molecule has 0 bridgehead atoms. The number of methoxy groups -OCH3 is 1. The van der Waals surface area contributed by atoms with E-state index in [9.17, 15) is 16.8 Å². The third-order valence-electron chi connectivity index (χ3n) is 5.68. The van der Waals surface area contributed by atoms with Gasteiger partial charge >= 0.3 is 0 Å². The van der Waals surface area contributed by atoms with Crippen molar-refractivity contribution in [3.63, 3.8) is 0 Å². The van der Waals surface area contributed by atoms with Crippen LogP contribution in [0.2, 0.25) is 0 Å². The summed E-state index contributed by atoms with van der Waals surface area (Å²) in [7, 11) is -5.95. The van der Waals surface area contributed by atoms with Crippen molar-refractivity contribution in [1.82, 2.24) is 13.9 Å². The highest BCUT2D eigenvalue weighted by Crippen LogP contribution is 2.23. The van der Waals surface area contributed by atoms with Crippen molar-refractivity contribution >= 4 is 20.0 Å². The van der Waals surface area contributed by atoms with Crippen LogP contribution in [0, 0.1) is 13.8 Å². The van der Waals surface area contributed by atoms with Gasteiger partial charge in [-0.15, -0.1) is 0 Å². The molecule has 10 heteroatoms. The highest BCUT2D eigenvalue weighted by molar-refractivity contribution is 7.90. The molecule has 0 atom stereocenters. The number of rotatable bonds is 9. The Hall–Kier alpha value is -1.98. The van der Waals surface area contributed by atoms with Gasteiger partial charge in [0.2, 0.25) is 20.0 Å². The summed E-state index contributed by atoms with van der Waals surface area (Å²) < 4.78 is 60.7. The minimum Gasteiger partial charge on any atom is -0.497 e. The molecule has 0 unspecified atom stereocenters. The highest BCUT2D eigenvalue weighted by Gasteiger charge is 2.29. The molecule has 3 rings (SSSR count). The van der Waals surface area contributed by atoms with Gasteiger partial charge in [0, 0.05) is 39.3 Å². The van der Waals surface area contributed by atoms with Gasteiger partial charge in [0.1, 0.15) is 5.75 Å². The van der Waals surface area contributed by atoms with Crippen molar-refractivity contribution in [3.05, 3.63) is 59.2 Å². The van der Waals surface area contributed by atoms with E-state index in [4.69, 9.17) is 4.74 Å². The number of sulfonamides is 2. The molecule has 8 nitrogen and oxygen atoms in total. The fourth-order valence-electron chi connectivity index (χ4n) is 3.55. The minimum atomic E-state index is -3.91. The van der Waals surface area contributed by atoms with Gasteiger partial charge in [-0.3, -0.25) is 0 Å². The van der Waals surface area contributed by atoms with Gasteiger partial charge in [0.15, 0.2) is 0 Å². The normalized spacial score (nSPS) is 15.8. The van der Waals surface area contributed by atoms with E-state index >= 15 is 0 Å². The average molecular weight is 482 g/mol. The SMILES string of the molecule is COc1cccc(CN(CCS(=O)(=O)N2CCNCC2)S(=O)(=O)c2ccc(C)c(C)c2)c1. The number of hydrogen-bond acceptors (Lipinski definition) is 6. The maximum absolute atomic E-state index is 13.5. The summed E-state index contributed by atoms with van der Waals surface area (Å²) in [5, 5.41) is 3.13. The largest absolute Gasteiger partial charge is 0.497 e. The molecule has 1 saturated heterocycles. The number of benzene rings is 2. The zero-order chi connectivity index (χ0) is 23.4. The van der Waals surface area contributed by atoms with Crippen molar-refractivity contribution in [2.75, 3.05) is 45.6 Å². The predicted octanol–water partition coefficient (Wildman–Crippen LogP) is 1.74. The van der Waals surface area contributed by atoms with Crippen molar-refractivity contribution < 1.29 is 21.6 Å². The monoisotopic (exact) mass is 481 g/mol. The first-order chi connectivity index (χ1) is 15.1. The standard InChI is InChI=1S/C22H31N3O5S2/c1-18-7-8-22(15-19(18)2)32(28,29)25(17-20-5-4-6-21(16-20)30-3)13-14-31(26,27)24-11-9-23-10-12-24/h4-8,15-16,23H,9-14,17H2,1-3H3. The maximum atomic E-state index is 13.5. The Morgan fingerprint density at radius 3 is 2.38 bits per heavy atom. The Kier molecular flexibility index (Phi) is 7.94. The molecule has 0 spiro atoms. The second-order valence-electron chi connectivity index (χ2n) is 7.90. The number of nitrogens with one attached hydrogen (secondary N) is 1. The molecule has 1 aliphatic heterocycles. The summed E-state index contributed by atoms with van der Waals surface area (Å²) in [6.07, 6.45) is 0. The van der Waals surface area contributed by atoms with Crippen molar-refractivity contribution in [2.24, 2.45) is 0 Å². The Morgan fingerprint density at radius 2 is 1.72 bits per heavy atom. The van der Waals surface area contributed by atoms with Gasteiger partial charge in [0.05, 0.1) is 17.8 Å². The Labute approximate surface area is 191 Å². The molecule has 0 radical (unpaired) electrons. The smallest absolute Gasteiger partial charge is 0.243 e. The molecule has 0 saturated carbocycles. The van der Waals surface area contributed by atoms with Crippen LogP contribution in [0.3, 0.4) is 0 Å². The minimum absolute atomic E-state index is 0.0452. The molecule has 0 aliphatic carbocycles. The van der Waals surface area contributed by atoms with Crippen LogP contribution in [-0.4, -0.2) is 71.0 Å². The third-order valence-corrected chi connectivity index (χ3v) is 9.37. The zero-order valence-corrected chi connectivity index (χ0v) is 20.4. The summed E-state index contributed by atoms with van der Waals surface area (Å²) in [6, 6.07) is 12.1. The lowest BCUT2D eigenvalue weighted by Crippen LogP contribution is -2.48. The summed E-state index contributed by atoms with van der Waals surface area (Å²) in [6.45, 7) is 5.64. The van der Waals surface area contributed by atoms with Crippen LogP contribution in [0.5, 0.6) is 5.75 Å². The molecule has 1 N–H and O–H groups in total. The highest BCUT2D eigenvalue weighted by atomic mass is 32.2. The lowest BCUT2D eigenvalue weighted by atomic mass is 10.1. The fraction of sp³-hybridized carbons (Fsp3) is 0.455.